The summed E-state index contributed by atoms with van der Waals surface area (Å²) in [4.78, 5) is 17.2. The van der Waals surface area contributed by atoms with E-state index in [1.165, 1.54) is 25.2 Å². The summed E-state index contributed by atoms with van der Waals surface area (Å²) in [6.07, 6.45) is 10.8. The van der Waals surface area contributed by atoms with Crippen LogP contribution in [-0.2, 0) is 29.1 Å². The Morgan fingerprint density at radius 3 is 1.66 bits per heavy atom. The van der Waals surface area contributed by atoms with Crippen molar-refractivity contribution in [2.24, 2.45) is 5.73 Å². The molecule has 330 valence electrons. The van der Waals surface area contributed by atoms with Crippen LogP contribution in [0, 0.1) is 0 Å². The number of anilines is 1. The average molecular weight is 903 g/mol. The van der Waals surface area contributed by atoms with Gasteiger partial charge in [-0.05, 0) is 74.2 Å². The van der Waals surface area contributed by atoms with Crippen LogP contribution < -0.4 is 25.3 Å². The Morgan fingerprint density at radius 2 is 1.21 bits per heavy atom. The number of sulfone groups is 2. The number of methoxy groups -OCH3 is 1. The van der Waals surface area contributed by atoms with Gasteiger partial charge in [0, 0.05) is 61.7 Å². The van der Waals surface area contributed by atoms with E-state index >= 15 is 0 Å². The number of fused-ring (bicyclic) bond motifs is 2. The monoisotopic (exact) mass is 902 g/mol. The zero-order valence-electron chi connectivity index (χ0n) is 34.1. The van der Waals surface area contributed by atoms with Crippen LogP contribution in [0.25, 0.3) is 44.5 Å². The van der Waals surface area contributed by atoms with Crippen LogP contribution in [0.2, 0.25) is 0 Å². The zero-order chi connectivity index (χ0) is 42.5. The van der Waals surface area contributed by atoms with Gasteiger partial charge in [0.25, 0.3) is 5.95 Å². The molecule has 2 fully saturated rings. The third kappa shape index (κ3) is 14.3. The van der Waals surface area contributed by atoms with Crippen molar-refractivity contribution in [3.8, 4) is 40.4 Å². The number of nitrogens with one attached hydrogen (secondary N) is 1. The number of hydrogen-bond acceptors (Lipinski definition) is 17. The fraction of sp³-hybridized carbons (Fsp3) is 0.415. The Morgan fingerprint density at radius 1 is 0.689 bits per heavy atom. The molecule has 6 heterocycles. The lowest BCUT2D eigenvalue weighted by Gasteiger charge is -2.23. The summed E-state index contributed by atoms with van der Waals surface area (Å²) in [5, 5.41) is 4.60. The molecular weight excluding hydrogens is 852 g/mol. The van der Waals surface area contributed by atoms with E-state index in [0.717, 1.165) is 83.8 Å². The van der Waals surface area contributed by atoms with Gasteiger partial charge in [-0.1, -0.05) is 0 Å². The molecule has 0 amide bonds. The second-order valence-corrected chi connectivity index (χ2v) is 18.6. The number of benzene rings is 2. The van der Waals surface area contributed by atoms with Crippen molar-refractivity contribution >= 4 is 59.8 Å². The number of halogens is 1. The van der Waals surface area contributed by atoms with Crippen LogP contribution in [-0.4, -0.2) is 107 Å². The quantitative estimate of drug-likeness (QED) is 0.127. The molecule has 17 nitrogen and oxygen atoms in total. The van der Waals surface area contributed by atoms with Crippen molar-refractivity contribution in [2.45, 2.75) is 51.1 Å². The second kappa shape index (κ2) is 22.2. The summed E-state index contributed by atoms with van der Waals surface area (Å²) in [6.45, 7) is 1.93. The van der Waals surface area contributed by atoms with E-state index in [2.05, 4.69) is 25.3 Å². The number of furan rings is 2. The van der Waals surface area contributed by atoms with Crippen molar-refractivity contribution < 1.29 is 49.4 Å². The first-order chi connectivity index (χ1) is 28.9. The van der Waals surface area contributed by atoms with Gasteiger partial charge in [-0.15, -0.1) is 12.4 Å². The van der Waals surface area contributed by atoms with Gasteiger partial charge < -0.3 is 43.6 Å². The molecule has 8 rings (SSSR count). The number of nitrogens with two attached hydrogens (primary N) is 1. The van der Waals surface area contributed by atoms with Crippen molar-refractivity contribution in [3.05, 3.63) is 73.3 Å². The Labute approximate surface area is 360 Å². The molecule has 2 aliphatic rings. The Kier molecular flexibility index (Phi) is 17.1. The lowest BCUT2D eigenvalue weighted by Crippen LogP contribution is -2.25. The number of ether oxygens (including phenoxy) is 5. The van der Waals surface area contributed by atoms with Gasteiger partial charge in [0.05, 0.1) is 53.6 Å². The minimum atomic E-state index is -3.02. The van der Waals surface area contributed by atoms with Crippen LogP contribution in [0.4, 0.5) is 5.88 Å². The van der Waals surface area contributed by atoms with Crippen LogP contribution in [0.15, 0.2) is 82.2 Å². The number of hydrogen-bond donors (Lipinski definition) is 2. The first-order valence-corrected chi connectivity index (χ1v) is 23.6. The Bertz CT molecular complexity index is 2540. The van der Waals surface area contributed by atoms with Gasteiger partial charge >= 0.3 is 0 Å². The maximum Gasteiger partial charge on any atom is 0.284 e. The number of aromatic nitrogens is 4. The molecule has 2 aliphatic heterocycles. The van der Waals surface area contributed by atoms with E-state index in [1.54, 1.807) is 19.2 Å². The first kappa shape index (κ1) is 47.0. The average Bonchev–Trinajstić information content (AvgIpc) is 3.92. The van der Waals surface area contributed by atoms with Gasteiger partial charge in [0.1, 0.15) is 43.8 Å². The summed E-state index contributed by atoms with van der Waals surface area (Å²) in [5.41, 5.74) is 8.28. The predicted molar refractivity (Wildman–Crippen MR) is 234 cm³/mol. The number of rotatable bonds is 13. The molecule has 2 atom stereocenters. The van der Waals surface area contributed by atoms with Gasteiger partial charge in [-0.3, -0.25) is 0 Å². The van der Waals surface area contributed by atoms with Gasteiger partial charge in [-0.25, -0.2) is 36.8 Å². The second-order valence-electron chi connectivity index (χ2n) is 14.1. The molecule has 0 aliphatic carbocycles. The molecule has 0 saturated carbocycles. The van der Waals surface area contributed by atoms with E-state index in [-0.39, 0.29) is 49.6 Å². The summed E-state index contributed by atoms with van der Waals surface area (Å²) < 4.78 is 82.6. The zero-order valence-corrected chi connectivity index (χ0v) is 36.6. The maximum atomic E-state index is 11.2. The van der Waals surface area contributed by atoms with E-state index in [1.807, 2.05) is 48.5 Å². The highest BCUT2D eigenvalue weighted by molar-refractivity contribution is 7.90. The molecule has 20 heteroatoms. The molecule has 2 aromatic carbocycles. The maximum absolute atomic E-state index is 11.2. The predicted octanol–water partition coefficient (Wildman–Crippen LogP) is 6.47. The molecule has 3 N–H and O–H groups in total. The largest absolute Gasteiger partial charge is 0.468 e. The van der Waals surface area contributed by atoms with E-state index < -0.39 is 19.7 Å². The molecule has 0 bridgehead atoms. The van der Waals surface area contributed by atoms with E-state index in [9.17, 15) is 16.8 Å². The van der Waals surface area contributed by atoms with Crippen LogP contribution in [0.5, 0.6) is 17.7 Å². The molecule has 0 radical (unpaired) electrons. The molecule has 6 aromatic rings. The molecule has 61 heavy (non-hydrogen) atoms. The Hall–Kier alpha value is -5.05. The lowest BCUT2D eigenvalue weighted by molar-refractivity contribution is -0.107. The standard InChI is InChI=1S/C20H23N3O5S.C18H18N2O4.C3H9NO2S.ClH/c1-29(24,25)11-9-21-18-8-7-17(27-18)14-5-6-16-15(12-14)20(23-13-22-16)28-19-4-2-3-10-26-19;1-21-16-8-7-15(23-16)12-5-6-14-13(10-12)18(20-11-19-14)24-17-4-2-3-9-22-17;1-7(5,6)3-2-4;/h5-8,12-13,19,21H,2-4,9-11H2,1H3;5-8,10-11,17H,2-4,9H2,1H3;2-4H2,1H3;1H. The summed E-state index contributed by atoms with van der Waals surface area (Å²) in [6, 6.07) is 18.8. The minimum Gasteiger partial charge on any atom is -0.468 e. The fourth-order valence-corrected chi connectivity index (χ4v) is 7.07. The van der Waals surface area contributed by atoms with E-state index in [4.69, 9.17) is 38.3 Å². The summed E-state index contributed by atoms with van der Waals surface area (Å²) in [7, 11) is -4.25. The molecule has 0 spiro atoms. The molecule has 2 saturated heterocycles. The first-order valence-electron chi connectivity index (χ1n) is 19.5. The lowest BCUT2D eigenvalue weighted by atomic mass is 10.1. The fourth-order valence-electron chi connectivity index (χ4n) is 6.16. The molecular formula is C41H51ClN6O11S2. The highest BCUT2D eigenvalue weighted by Gasteiger charge is 2.20. The normalized spacial score (nSPS) is 16.6. The highest BCUT2D eigenvalue weighted by Crippen LogP contribution is 2.33. The van der Waals surface area contributed by atoms with Crippen LogP contribution in [0.3, 0.4) is 0 Å². The molecule has 2 unspecified atom stereocenters. The van der Waals surface area contributed by atoms with Crippen molar-refractivity contribution in [3.63, 3.8) is 0 Å². The topological polar surface area (TPSA) is 230 Å². The SMILES string of the molecule is COc1ccc(-c2ccc3ncnc(OC4CCCCO4)c3c2)o1.CS(=O)(=O)CCN.CS(=O)(=O)CCNc1ccc(-c2ccc3ncnc(OC4CCCCO4)c3c2)o1.Cl. The van der Waals surface area contributed by atoms with Crippen LogP contribution >= 0.6 is 12.4 Å². The van der Waals surface area contributed by atoms with Gasteiger partial charge in [0.2, 0.25) is 24.3 Å². The third-order valence-corrected chi connectivity index (χ3v) is 11.1. The van der Waals surface area contributed by atoms with Crippen molar-refractivity contribution in [2.75, 3.05) is 62.7 Å². The number of nitrogens with zero attached hydrogens (tertiary/aromatic N) is 4. The summed E-state index contributed by atoms with van der Waals surface area (Å²) in [5.74, 6) is 3.51. The third-order valence-electron chi connectivity index (χ3n) is 9.18. The molecule has 4 aromatic heterocycles. The van der Waals surface area contributed by atoms with Crippen molar-refractivity contribution in [1.82, 2.24) is 19.9 Å². The van der Waals surface area contributed by atoms with Gasteiger partial charge in [0.15, 0.2) is 5.88 Å². The smallest absolute Gasteiger partial charge is 0.284 e. The van der Waals surface area contributed by atoms with Crippen LogP contribution in [0.1, 0.15) is 38.5 Å². The van der Waals surface area contributed by atoms with E-state index in [0.29, 0.717) is 36.0 Å². The Balaban J connectivity index is 0.000000199. The van der Waals surface area contributed by atoms with Crippen molar-refractivity contribution in [1.29, 1.82) is 0 Å². The highest BCUT2D eigenvalue weighted by atomic mass is 35.5. The van der Waals surface area contributed by atoms with Gasteiger partial charge in [-0.2, -0.15) is 0 Å². The summed E-state index contributed by atoms with van der Waals surface area (Å²) >= 11 is 0. The minimum absolute atomic E-state index is 0.